The molecule has 17 rings (SSSR count). The maximum Gasteiger partial charge on any atom is 0.213 e. The molecule has 0 spiro atoms. The normalized spacial score (nSPS) is 19.3. The monoisotopic (exact) mass is 1580 g/mol. The van der Waals surface area contributed by atoms with Gasteiger partial charge in [0.05, 0.1) is 0 Å². The molecule has 5 heterocycles. The first kappa shape index (κ1) is 65.0. The molecule has 2 fully saturated rings. The number of nitrogens with zero attached hydrogens (tertiary/aromatic N) is 5. The third kappa shape index (κ3) is 21.7. The average molecular weight is 1580 g/mol. The highest BCUT2D eigenvalue weighted by Gasteiger charge is 2.23. The highest BCUT2D eigenvalue weighted by molar-refractivity contribution is 5.76. The fourth-order valence-corrected chi connectivity index (χ4v) is 15.6. The minimum absolute atomic E-state index is 0.0479. The van der Waals surface area contributed by atoms with Crippen molar-refractivity contribution in [2.75, 3.05) is 0 Å². The fraction of sp³-hybridized carbons (Fsp3) is 0.254. The second kappa shape index (κ2) is 39.9. The van der Waals surface area contributed by atoms with Crippen molar-refractivity contribution >= 4 is 0 Å². The van der Waals surface area contributed by atoms with E-state index in [1.807, 2.05) is 193 Å². The van der Waals surface area contributed by atoms with E-state index in [-0.39, 0.29) is 25.7 Å². The molecule has 15 aromatic rings. The molecule has 119 heavy (non-hydrogen) atoms. The summed E-state index contributed by atoms with van der Waals surface area (Å²) in [6, 6.07) is 97.6. The molecule has 0 saturated heterocycles. The zero-order valence-corrected chi connectivity index (χ0v) is 71.6. The van der Waals surface area contributed by atoms with Gasteiger partial charge in [-0.2, -0.15) is 0 Å². The van der Waals surface area contributed by atoms with Gasteiger partial charge in [0.25, 0.3) is 0 Å². The van der Waals surface area contributed by atoms with Gasteiger partial charge < -0.3 is 0 Å². The number of hydrogen-bond donors (Lipinski definition) is 0. The maximum atomic E-state index is 9.00. The zero-order chi connectivity index (χ0) is 98.6. The van der Waals surface area contributed by atoms with Gasteiger partial charge in [-0.1, -0.05) is 257 Å². The molecule has 2 aliphatic rings. The van der Waals surface area contributed by atoms with Crippen molar-refractivity contribution in [3.63, 3.8) is 0 Å². The summed E-state index contributed by atoms with van der Waals surface area (Å²) in [5, 5.41) is 0. The van der Waals surface area contributed by atoms with Gasteiger partial charge in [0.1, 0.15) is 35.2 Å². The number of pyridine rings is 5. The smallest absolute Gasteiger partial charge is 0.201 e. The van der Waals surface area contributed by atoms with Crippen molar-refractivity contribution in [3.8, 4) is 112 Å². The van der Waals surface area contributed by atoms with E-state index in [0.29, 0.717) is 29.5 Å². The molecule has 3 unspecified atom stereocenters. The van der Waals surface area contributed by atoms with Crippen LogP contribution in [0.4, 0.5) is 0 Å². The van der Waals surface area contributed by atoms with Crippen molar-refractivity contribution in [2.24, 2.45) is 41.1 Å². The minimum Gasteiger partial charge on any atom is -0.201 e. The average Bonchev–Trinajstić information content (AvgIpc) is 1.58. The lowest BCUT2D eigenvalue weighted by Crippen LogP contribution is -2.30. The van der Waals surface area contributed by atoms with Gasteiger partial charge in [-0.3, -0.25) is 0 Å². The Bertz CT molecular complexity index is 6870. The van der Waals surface area contributed by atoms with E-state index in [4.69, 9.17) is 23.3 Å². The summed E-state index contributed by atoms with van der Waals surface area (Å²) >= 11 is 0. The number of benzene rings is 10. The van der Waals surface area contributed by atoms with Gasteiger partial charge in [-0.05, 0) is 254 Å². The molecule has 2 aliphatic carbocycles. The van der Waals surface area contributed by atoms with E-state index >= 15 is 0 Å². The Morgan fingerprint density at radius 2 is 0.647 bits per heavy atom. The summed E-state index contributed by atoms with van der Waals surface area (Å²) in [7, 11) is 10.2. The molecule has 600 valence electrons. The van der Waals surface area contributed by atoms with E-state index in [1.165, 1.54) is 79.4 Å². The van der Waals surface area contributed by atoms with Gasteiger partial charge in [0.15, 0.2) is 31.0 Å². The van der Waals surface area contributed by atoms with Gasteiger partial charge in [0.2, 0.25) is 28.5 Å². The molecule has 5 nitrogen and oxygen atoms in total. The second-order valence-electron chi connectivity index (χ2n) is 31.8. The number of hydrogen-bond acceptors (Lipinski definition) is 0. The highest BCUT2D eigenvalue weighted by atomic mass is 14.9. The maximum absolute atomic E-state index is 9.00. The van der Waals surface area contributed by atoms with E-state index in [0.717, 1.165) is 89.5 Å². The van der Waals surface area contributed by atoms with Crippen LogP contribution in [0.5, 0.6) is 0 Å². The molecule has 0 bridgehead atoms. The fourth-order valence-electron chi connectivity index (χ4n) is 15.6. The van der Waals surface area contributed by atoms with Gasteiger partial charge in [-0.15, -0.1) is 0 Å². The highest BCUT2D eigenvalue weighted by Crippen LogP contribution is 2.39. The number of aromatic nitrogens is 5. The third-order valence-corrected chi connectivity index (χ3v) is 22.6. The van der Waals surface area contributed by atoms with Gasteiger partial charge in [-0.25, -0.2) is 22.8 Å². The van der Waals surface area contributed by atoms with Crippen LogP contribution in [0.15, 0.2) is 322 Å². The summed E-state index contributed by atoms with van der Waals surface area (Å²) in [5.74, 6) is -4.74. The van der Waals surface area contributed by atoms with Crippen molar-refractivity contribution in [3.05, 3.63) is 389 Å². The van der Waals surface area contributed by atoms with Crippen molar-refractivity contribution in [2.45, 2.75) is 152 Å². The summed E-state index contributed by atoms with van der Waals surface area (Å²) in [6.07, 6.45) is 3.01. The van der Waals surface area contributed by atoms with Crippen molar-refractivity contribution in [1.29, 1.82) is 0 Å². The van der Waals surface area contributed by atoms with Crippen LogP contribution < -0.4 is 22.8 Å². The first-order valence-electron chi connectivity index (χ1n) is 49.8. The molecule has 10 aromatic carbocycles. The predicted molar refractivity (Wildman–Crippen MR) is 501 cm³/mol. The van der Waals surface area contributed by atoms with Crippen molar-refractivity contribution in [1.82, 2.24) is 0 Å². The molecular weight excluding hydrogens is 1440 g/mol. The Labute approximate surface area is 736 Å². The Kier molecular flexibility index (Phi) is 21.8. The van der Waals surface area contributed by atoms with Crippen LogP contribution in [0.2, 0.25) is 0 Å². The summed E-state index contributed by atoms with van der Waals surface area (Å²) in [4.78, 5) is 0. The summed E-state index contributed by atoms with van der Waals surface area (Å²) in [5.41, 5.74) is 33.9. The standard InChI is InChI=1S/C25H28N.C24H26N.C23H26N.2C21H22N/c1-19-9-6-7-14-24(19)25-18-23(15-16-26(25)2)22-13-8-12-21(17-22)20-10-4-3-5-11-20;1-18-8-3-6-13-23(18)24-17-22(14-15-25(24)2)21-12-7-11-20(16-21)19-9-4-5-10-19;1-17(2)14-19-9-7-10-20(15-19)21-12-13-24(4)23(16-21)22-11-6-5-8-18(22)3;1-15-11-16(2)13-19(12-15)18-9-10-22(4)21(14-18)20-8-6-5-7-17(20)3;1-15-9-10-18(13-17(15)3)19-11-12-22(4)21(14-19)20-8-6-5-7-16(20)2/h6-9,12-18,20H,3-5,10-11H2,1-2H3;3,6-8,11-17,19H,4-5,9-10H2,1-2H3;5-13,15-17H,14H2,1-4H3;2*5-14H,1-4H3/q5*+1/i4D2,10D2,20D;4D2,9D2,19D;1D3,17D;1D3;. The Morgan fingerprint density at radius 3 is 1.02 bits per heavy atom. The Morgan fingerprint density at radius 1 is 0.311 bits per heavy atom. The molecule has 2 saturated carbocycles. The molecule has 5 aromatic heterocycles. The van der Waals surface area contributed by atoms with Crippen LogP contribution in [0.25, 0.3) is 112 Å². The Hall–Kier alpha value is -12.1. The topological polar surface area (TPSA) is 19.4 Å². The SMILES string of the molecule is Cc1ccc(-c2cc[n+](C)c(-c3ccccc3C)c2)cc1C.[2H]C([2H])([2H])C([2H])(C)Cc1cccc(-c2cc[n+](C)c(-c3ccccc3C)c2)c1.[2H]C([2H])([2H])c1cc(C)cc(-c2cc[n+](C)c(-c3ccccc3C)c2)c1.[2H]C1([2H])CCC([2H])(c2cccc(-c3cc[n+](C)c(-c4ccccc4C)c3)c2)C1([2H])[2H].[2H]C1([2H])CCCC([2H])(c2cccc(-c3cc[n+](C)c(-c4ccccc4C)c3)c2)C1([2H])[2H]. The van der Waals surface area contributed by atoms with E-state index in [9.17, 15) is 0 Å². The van der Waals surface area contributed by atoms with Crippen LogP contribution in [0, 0.1) is 68.1 Å². The number of aryl methyl sites for hydroxylation is 14. The van der Waals surface area contributed by atoms with E-state index < -0.39 is 56.9 Å². The Balaban J connectivity index is 0.000000144. The molecule has 0 N–H and O–H groups in total. The van der Waals surface area contributed by atoms with Crippen LogP contribution in [-0.4, -0.2) is 0 Å². The zero-order valence-electron chi connectivity index (χ0n) is 88.6. The second-order valence-corrected chi connectivity index (χ2v) is 31.8. The number of rotatable bonds is 14. The van der Waals surface area contributed by atoms with Gasteiger partial charge >= 0.3 is 0 Å². The first-order chi connectivity index (χ1) is 64.0. The lowest BCUT2D eigenvalue weighted by molar-refractivity contribution is -0.660. The minimum atomic E-state index is -2.32. The van der Waals surface area contributed by atoms with Crippen LogP contribution in [-0.2, 0) is 41.7 Å². The van der Waals surface area contributed by atoms with Crippen LogP contribution in [0.3, 0.4) is 0 Å². The molecule has 0 radical (unpaired) electrons. The molecule has 5 heteroatoms. The third-order valence-electron chi connectivity index (χ3n) is 22.6. The largest absolute Gasteiger partial charge is 0.213 e. The van der Waals surface area contributed by atoms with Gasteiger partial charge in [0, 0.05) is 112 Å². The molecular formula is C114H124N5+5. The quantitative estimate of drug-likeness (QED) is 0.0967. The predicted octanol–water partition coefficient (Wildman–Crippen LogP) is 26.9. The molecule has 0 amide bonds. The van der Waals surface area contributed by atoms with Crippen LogP contribution in [0.1, 0.15) is 173 Å². The summed E-state index contributed by atoms with van der Waals surface area (Å²) in [6.45, 7) is 13.9. The first-order valence-corrected chi connectivity index (χ1v) is 41.3. The molecule has 0 aliphatic heterocycles. The summed E-state index contributed by atoms with van der Waals surface area (Å²) < 4.78 is 149. The lowest BCUT2D eigenvalue weighted by Gasteiger charge is -2.22. The lowest BCUT2D eigenvalue weighted by atomic mass is 9.83. The van der Waals surface area contributed by atoms with Crippen molar-refractivity contribution < 1.29 is 46.1 Å². The van der Waals surface area contributed by atoms with E-state index in [1.54, 1.807) is 24.3 Å². The van der Waals surface area contributed by atoms with Crippen LogP contribution >= 0.6 is 0 Å². The molecule has 3 atom stereocenters. The van der Waals surface area contributed by atoms with E-state index in [2.05, 4.69) is 218 Å².